The molecule has 6 rings (SSSR count). The van der Waals surface area contributed by atoms with Crippen molar-refractivity contribution in [2.24, 2.45) is 0 Å². The number of hydrogen-bond donors (Lipinski definition) is 3. The highest BCUT2D eigenvalue weighted by Crippen LogP contribution is 2.30. The van der Waals surface area contributed by atoms with Gasteiger partial charge in [0.25, 0.3) is 0 Å². The number of nitrogens with one attached hydrogen (secondary N) is 1. The predicted octanol–water partition coefficient (Wildman–Crippen LogP) is 9.55. The van der Waals surface area contributed by atoms with Crippen molar-refractivity contribution in [2.45, 2.75) is 104 Å². The molecule has 12 nitrogen and oxygen atoms in total. The third-order valence-corrected chi connectivity index (χ3v) is 9.85. The molecule has 0 aliphatic rings. The highest BCUT2D eigenvalue weighted by Gasteiger charge is 2.23. The fourth-order valence-corrected chi connectivity index (χ4v) is 6.94. The van der Waals surface area contributed by atoms with Gasteiger partial charge in [-0.25, -0.2) is 4.79 Å². The van der Waals surface area contributed by atoms with Gasteiger partial charge in [-0.1, -0.05) is 61.4 Å². The van der Waals surface area contributed by atoms with E-state index in [-0.39, 0.29) is 33.6 Å². The average molecular weight is 877 g/mol. The number of fused-ring (bicyclic) bond motifs is 2. The van der Waals surface area contributed by atoms with E-state index < -0.39 is 23.9 Å². The smallest absolute Gasteiger partial charge is 0.435 e. The molecule has 3 N–H and O–H groups in total. The lowest BCUT2D eigenvalue weighted by Gasteiger charge is -2.19. The van der Waals surface area contributed by atoms with E-state index in [1.807, 2.05) is 95.3 Å². The SMILES string of the molecule is COc1ccccc1CCCC[C@H](O)COc1cccc2c1c(C)nn2C(=O)OC(C)(C)C.COc1ccccc1CCCC[C@H](O)COc1cccc2n[nH]c(C)c12.S.S. The van der Waals surface area contributed by atoms with Crippen LogP contribution in [-0.2, 0) is 17.6 Å². The summed E-state index contributed by atoms with van der Waals surface area (Å²) in [6, 6.07) is 27.3. The molecule has 0 radical (unpaired) electrons. The number of ether oxygens (including phenoxy) is 5. The highest BCUT2D eigenvalue weighted by molar-refractivity contribution is 7.59. The third-order valence-electron chi connectivity index (χ3n) is 9.85. The Morgan fingerprint density at radius 1 is 0.689 bits per heavy atom. The lowest BCUT2D eigenvalue weighted by molar-refractivity contribution is 0.0522. The lowest BCUT2D eigenvalue weighted by atomic mass is 10.0. The van der Waals surface area contributed by atoms with Crippen LogP contribution in [0.2, 0.25) is 0 Å². The Morgan fingerprint density at radius 3 is 1.70 bits per heavy atom. The molecule has 2 aromatic heterocycles. The molecule has 0 bridgehead atoms. The van der Waals surface area contributed by atoms with Gasteiger partial charge in [-0.3, -0.25) is 5.10 Å². The van der Waals surface area contributed by atoms with Crippen LogP contribution in [0.5, 0.6) is 23.0 Å². The minimum Gasteiger partial charge on any atom is -0.496 e. The fourth-order valence-electron chi connectivity index (χ4n) is 6.94. The number of aromatic amines is 1. The van der Waals surface area contributed by atoms with Gasteiger partial charge in [0, 0.05) is 5.69 Å². The maximum atomic E-state index is 12.5. The summed E-state index contributed by atoms with van der Waals surface area (Å²) in [5.74, 6) is 3.19. The number of carbonyl (C=O) groups excluding carboxylic acids is 1. The quantitative estimate of drug-likeness (QED) is 0.0713. The molecule has 6 aromatic rings. The summed E-state index contributed by atoms with van der Waals surface area (Å²) in [7, 11) is 3.38. The van der Waals surface area contributed by atoms with Gasteiger partial charge in [0.1, 0.15) is 41.8 Å². The Kier molecular flexibility index (Phi) is 20.3. The number of benzene rings is 4. The van der Waals surface area contributed by atoms with E-state index >= 15 is 0 Å². The molecule has 0 fully saturated rings. The number of carbonyl (C=O) groups is 1. The van der Waals surface area contributed by atoms with Crippen molar-refractivity contribution in [1.82, 2.24) is 20.0 Å². The lowest BCUT2D eigenvalue weighted by Crippen LogP contribution is -2.27. The number of nitrogens with zero attached hydrogens (tertiary/aromatic N) is 3. The molecule has 4 aromatic carbocycles. The van der Waals surface area contributed by atoms with Gasteiger partial charge in [-0.05, 0) is 121 Å². The number of aromatic nitrogens is 4. The topological polar surface area (TPSA) is 150 Å². The normalized spacial score (nSPS) is 12.0. The first-order valence-corrected chi connectivity index (χ1v) is 20.4. The third kappa shape index (κ3) is 14.6. The molecule has 0 spiro atoms. The van der Waals surface area contributed by atoms with E-state index in [1.165, 1.54) is 15.8 Å². The largest absolute Gasteiger partial charge is 0.496 e. The van der Waals surface area contributed by atoms with Gasteiger partial charge in [0.05, 0.1) is 53.9 Å². The molecule has 332 valence electrons. The molecule has 2 heterocycles. The first-order chi connectivity index (χ1) is 28.4. The van der Waals surface area contributed by atoms with Gasteiger partial charge < -0.3 is 33.9 Å². The number of methoxy groups -OCH3 is 2. The summed E-state index contributed by atoms with van der Waals surface area (Å²) in [6.07, 6.45) is 5.40. The summed E-state index contributed by atoms with van der Waals surface area (Å²) in [5, 5.41) is 33.9. The van der Waals surface area contributed by atoms with Crippen LogP contribution in [0.15, 0.2) is 84.9 Å². The molecule has 0 unspecified atom stereocenters. The molecule has 61 heavy (non-hydrogen) atoms. The first kappa shape index (κ1) is 50.5. The highest BCUT2D eigenvalue weighted by atomic mass is 32.1. The average Bonchev–Trinajstić information content (AvgIpc) is 3.79. The summed E-state index contributed by atoms with van der Waals surface area (Å²) in [4.78, 5) is 12.5. The molecule has 0 aliphatic carbocycles. The Hall–Kier alpha value is -4.89. The van der Waals surface area contributed by atoms with Crippen molar-refractivity contribution in [3.63, 3.8) is 0 Å². The summed E-state index contributed by atoms with van der Waals surface area (Å²) in [6.45, 7) is 9.70. The van der Waals surface area contributed by atoms with Gasteiger partial charge >= 0.3 is 6.09 Å². The Bertz CT molecular complexity index is 2250. The van der Waals surface area contributed by atoms with Crippen LogP contribution in [0.3, 0.4) is 0 Å². The molecule has 0 saturated carbocycles. The van der Waals surface area contributed by atoms with Gasteiger partial charge in [-0.15, -0.1) is 0 Å². The molecule has 0 saturated heterocycles. The number of para-hydroxylation sites is 2. The monoisotopic (exact) mass is 876 g/mol. The molecular formula is C47H64N4O8S2. The second-order valence-electron chi connectivity index (χ2n) is 15.7. The predicted molar refractivity (Wildman–Crippen MR) is 252 cm³/mol. The minimum absolute atomic E-state index is 0. The van der Waals surface area contributed by atoms with Crippen LogP contribution < -0.4 is 18.9 Å². The maximum Gasteiger partial charge on any atom is 0.435 e. The van der Waals surface area contributed by atoms with Gasteiger partial charge in [0.2, 0.25) is 0 Å². The standard InChI is InChI=1S/C26H34N2O5.C21H26N2O3.2H2S/c1-18-24-21(28(27-18)25(30)33-26(2,3)4)14-10-16-23(24)32-17-20(29)13-8-6-11-19-12-7-9-15-22(19)31-5;1-15-21-18(23-22-15)11-7-13-20(21)26-14-17(24)10-5-3-8-16-9-4-6-12-19(16)25-2;;/h7,9-10,12,14-16,20,29H,6,8,11,13,17H2,1-5H3;4,6-7,9,11-13,17,24H,3,5,8,10,14H2,1-2H3,(H,22,23);2*1H2/t20-;17-;;/m00../s1. The number of aryl methyl sites for hydroxylation is 4. The summed E-state index contributed by atoms with van der Waals surface area (Å²) >= 11 is 0. The van der Waals surface area contributed by atoms with Crippen molar-refractivity contribution in [3.8, 4) is 23.0 Å². The van der Waals surface area contributed by atoms with E-state index in [1.54, 1.807) is 26.4 Å². The number of H-pyrrole nitrogens is 1. The number of aliphatic hydroxyl groups excluding tert-OH is 2. The zero-order valence-corrected chi connectivity index (χ0v) is 38.5. The fraction of sp³-hybridized carbons (Fsp3) is 0.426. The van der Waals surface area contributed by atoms with E-state index in [0.29, 0.717) is 30.0 Å². The maximum absolute atomic E-state index is 12.5. The van der Waals surface area contributed by atoms with Crippen molar-refractivity contribution >= 4 is 54.9 Å². The zero-order valence-electron chi connectivity index (χ0n) is 36.5. The number of hydrogen-bond acceptors (Lipinski definition) is 10. The summed E-state index contributed by atoms with van der Waals surface area (Å²) < 4.78 is 29.3. The Labute approximate surface area is 373 Å². The number of aliphatic hydroxyl groups is 2. The molecular weight excluding hydrogens is 813 g/mol. The van der Waals surface area contributed by atoms with Crippen molar-refractivity contribution in [2.75, 3.05) is 27.4 Å². The second-order valence-corrected chi connectivity index (χ2v) is 15.7. The van der Waals surface area contributed by atoms with Gasteiger partial charge in [0.15, 0.2) is 0 Å². The van der Waals surface area contributed by atoms with Crippen LogP contribution in [0.4, 0.5) is 4.79 Å². The Morgan fingerprint density at radius 2 is 1.18 bits per heavy atom. The second kappa shape index (κ2) is 24.5. The molecule has 14 heteroatoms. The molecule has 0 amide bonds. The van der Waals surface area contributed by atoms with Crippen LogP contribution >= 0.6 is 27.0 Å². The first-order valence-electron chi connectivity index (χ1n) is 20.4. The van der Waals surface area contributed by atoms with Crippen LogP contribution in [-0.4, -0.2) is 81.5 Å². The molecule has 0 aliphatic heterocycles. The van der Waals surface area contributed by atoms with Crippen molar-refractivity contribution in [3.05, 3.63) is 107 Å². The van der Waals surface area contributed by atoms with Crippen LogP contribution in [0, 0.1) is 13.8 Å². The minimum atomic E-state index is -0.618. The number of rotatable bonds is 18. The van der Waals surface area contributed by atoms with Crippen molar-refractivity contribution in [1.29, 1.82) is 0 Å². The van der Waals surface area contributed by atoms with E-state index in [4.69, 9.17) is 23.7 Å². The van der Waals surface area contributed by atoms with Crippen molar-refractivity contribution < 1.29 is 38.7 Å². The molecule has 2 atom stereocenters. The summed E-state index contributed by atoms with van der Waals surface area (Å²) in [5.41, 5.74) is 4.90. The van der Waals surface area contributed by atoms with E-state index in [9.17, 15) is 15.0 Å². The number of unbranched alkanes of at least 4 members (excludes halogenated alkanes) is 2. The van der Waals surface area contributed by atoms with E-state index in [0.717, 1.165) is 84.2 Å². The van der Waals surface area contributed by atoms with Crippen LogP contribution in [0.1, 0.15) is 81.8 Å². The Balaban J connectivity index is 0.000000323. The van der Waals surface area contributed by atoms with E-state index in [2.05, 4.69) is 27.4 Å². The zero-order chi connectivity index (χ0) is 42.4. The van der Waals surface area contributed by atoms with Gasteiger partial charge in [-0.2, -0.15) is 41.9 Å². The van der Waals surface area contributed by atoms with Crippen LogP contribution in [0.25, 0.3) is 21.8 Å².